The lowest BCUT2D eigenvalue weighted by atomic mass is 9.91. The van der Waals surface area contributed by atoms with Crippen molar-refractivity contribution in [2.75, 3.05) is 0 Å². The van der Waals surface area contributed by atoms with Crippen molar-refractivity contribution in [3.05, 3.63) is 0 Å². The van der Waals surface area contributed by atoms with Crippen LogP contribution in [-0.2, 0) is 0 Å². The van der Waals surface area contributed by atoms with Crippen LogP contribution in [0.2, 0.25) is 0 Å². The molecule has 14 heavy (non-hydrogen) atoms. The number of hydrogen-bond acceptors (Lipinski definition) is 1. The summed E-state index contributed by atoms with van der Waals surface area (Å²) in [4.78, 5) is 0. The minimum atomic E-state index is 0.426. The van der Waals surface area contributed by atoms with Crippen molar-refractivity contribution in [2.45, 2.75) is 83.7 Å². The molecule has 0 saturated heterocycles. The molecule has 1 heteroatoms. The summed E-state index contributed by atoms with van der Waals surface area (Å²) >= 11 is 0. The summed E-state index contributed by atoms with van der Waals surface area (Å²) in [6.07, 6.45) is 11.0. The highest BCUT2D eigenvalue weighted by Crippen LogP contribution is 2.27. The Morgan fingerprint density at radius 1 is 1.14 bits per heavy atom. The Hall–Kier alpha value is -0.0400. The van der Waals surface area contributed by atoms with Gasteiger partial charge in [0.15, 0.2) is 0 Å². The van der Waals surface area contributed by atoms with E-state index in [-0.39, 0.29) is 0 Å². The molecule has 1 aliphatic rings. The van der Waals surface area contributed by atoms with Crippen molar-refractivity contribution in [3.8, 4) is 0 Å². The first-order valence-electron chi connectivity index (χ1n) is 6.48. The maximum absolute atomic E-state index is 3.79. The molecule has 1 saturated carbocycles. The molecule has 1 rings (SSSR count). The Labute approximate surface area is 89.7 Å². The molecule has 0 bridgehead atoms. The van der Waals surface area contributed by atoms with Gasteiger partial charge in [0, 0.05) is 11.6 Å². The van der Waals surface area contributed by atoms with Gasteiger partial charge in [-0.1, -0.05) is 39.5 Å². The van der Waals surface area contributed by atoms with Crippen molar-refractivity contribution in [2.24, 2.45) is 0 Å². The second-order valence-electron chi connectivity index (χ2n) is 5.14. The van der Waals surface area contributed by atoms with Gasteiger partial charge in [0.05, 0.1) is 0 Å². The van der Waals surface area contributed by atoms with Crippen LogP contribution >= 0.6 is 0 Å². The Bertz CT molecular complexity index is 151. The lowest BCUT2D eigenvalue weighted by Crippen LogP contribution is -2.43. The molecular weight excluding hydrogens is 170 g/mol. The van der Waals surface area contributed by atoms with E-state index in [4.69, 9.17) is 0 Å². The summed E-state index contributed by atoms with van der Waals surface area (Å²) in [5, 5.41) is 3.79. The van der Waals surface area contributed by atoms with Gasteiger partial charge >= 0.3 is 0 Å². The molecule has 1 aliphatic carbocycles. The molecule has 1 atom stereocenters. The molecule has 0 heterocycles. The van der Waals surface area contributed by atoms with Crippen molar-refractivity contribution in [3.63, 3.8) is 0 Å². The number of hydrogen-bond donors (Lipinski definition) is 1. The van der Waals surface area contributed by atoms with Crippen LogP contribution in [0.1, 0.15) is 72.1 Å². The monoisotopic (exact) mass is 197 g/mol. The minimum absolute atomic E-state index is 0.426. The first-order chi connectivity index (χ1) is 6.70. The second-order valence-corrected chi connectivity index (χ2v) is 5.14. The van der Waals surface area contributed by atoms with E-state index < -0.39 is 0 Å². The Kier molecular flexibility index (Phi) is 4.94. The summed E-state index contributed by atoms with van der Waals surface area (Å²) in [6.45, 7) is 6.99. The molecule has 0 spiro atoms. The summed E-state index contributed by atoms with van der Waals surface area (Å²) in [5.41, 5.74) is 0.426. The fourth-order valence-corrected chi connectivity index (χ4v) is 2.01. The SMILES string of the molecule is CCCCCCC(C)(CC)NC1CC1. The largest absolute Gasteiger partial charge is 0.309 e. The summed E-state index contributed by atoms with van der Waals surface area (Å²) in [6, 6.07) is 0.853. The van der Waals surface area contributed by atoms with Gasteiger partial charge in [-0.05, 0) is 32.6 Å². The van der Waals surface area contributed by atoms with Crippen LogP contribution < -0.4 is 5.32 Å². The first-order valence-corrected chi connectivity index (χ1v) is 6.48. The zero-order valence-electron chi connectivity index (χ0n) is 10.2. The van der Waals surface area contributed by atoms with Crippen LogP contribution in [0.3, 0.4) is 0 Å². The summed E-state index contributed by atoms with van der Waals surface area (Å²) in [5.74, 6) is 0. The van der Waals surface area contributed by atoms with Gasteiger partial charge in [0.2, 0.25) is 0 Å². The van der Waals surface area contributed by atoms with E-state index in [0.29, 0.717) is 5.54 Å². The lowest BCUT2D eigenvalue weighted by Gasteiger charge is -2.30. The molecule has 0 radical (unpaired) electrons. The molecule has 0 aromatic carbocycles. The molecule has 1 N–H and O–H groups in total. The molecule has 1 unspecified atom stereocenters. The van der Waals surface area contributed by atoms with Crippen LogP contribution in [0.5, 0.6) is 0 Å². The van der Waals surface area contributed by atoms with E-state index in [9.17, 15) is 0 Å². The molecule has 84 valence electrons. The molecule has 0 aromatic rings. The van der Waals surface area contributed by atoms with E-state index in [2.05, 4.69) is 26.1 Å². The molecule has 0 amide bonds. The third kappa shape index (κ3) is 4.45. The maximum atomic E-state index is 3.79. The Morgan fingerprint density at radius 2 is 1.86 bits per heavy atom. The molecule has 1 nitrogen and oxygen atoms in total. The van der Waals surface area contributed by atoms with Crippen LogP contribution in [0.25, 0.3) is 0 Å². The van der Waals surface area contributed by atoms with E-state index in [1.165, 1.54) is 51.4 Å². The predicted molar refractivity (Wildman–Crippen MR) is 63.6 cm³/mol. The van der Waals surface area contributed by atoms with Crippen LogP contribution in [0, 0.1) is 0 Å². The number of rotatable bonds is 8. The van der Waals surface area contributed by atoms with Gasteiger partial charge in [-0.25, -0.2) is 0 Å². The minimum Gasteiger partial charge on any atom is -0.309 e. The summed E-state index contributed by atoms with van der Waals surface area (Å²) in [7, 11) is 0. The average molecular weight is 197 g/mol. The maximum Gasteiger partial charge on any atom is 0.0153 e. The highest BCUT2D eigenvalue weighted by molar-refractivity contribution is 4.91. The second kappa shape index (κ2) is 5.75. The zero-order valence-corrected chi connectivity index (χ0v) is 10.2. The fourth-order valence-electron chi connectivity index (χ4n) is 2.01. The average Bonchev–Trinajstić information content (AvgIpc) is 2.96. The third-order valence-electron chi connectivity index (χ3n) is 3.49. The Balaban J connectivity index is 2.14. The first kappa shape index (κ1) is 12.0. The van der Waals surface area contributed by atoms with E-state index in [0.717, 1.165) is 6.04 Å². The zero-order chi connectivity index (χ0) is 10.4. The topological polar surface area (TPSA) is 12.0 Å². The van der Waals surface area contributed by atoms with Gasteiger partial charge < -0.3 is 5.32 Å². The molecule has 0 aliphatic heterocycles. The van der Waals surface area contributed by atoms with Gasteiger partial charge in [0.1, 0.15) is 0 Å². The third-order valence-corrected chi connectivity index (χ3v) is 3.49. The van der Waals surface area contributed by atoms with Gasteiger partial charge in [-0.15, -0.1) is 0 Å². The highest BCUT2D eigenvalue weighted by Gasteiger charge is 2.30. The smallest absolute Gasteiger partial charge is 0.0153 e. The predicted octanol–water partition coefficient (Wildman–Crippen LogP) is 3.88. The van der Waals surface area contributed by atoms with Crippen molar-refractivity contribution >= 4 is 0 Å². The number of unbranched alkanes of at least 4 members (excludes halogenated alkanes) is 3. The van der Waals surface area contributed by atoms with Crippen LogP contribution in [-0.4, -0.2) is 11.6 Å². The van der Waals surface area contributed by atoms with Crippen LogP contribution in [0.4, 0.5) is 0 Å². The molecule has 1 fully saturated rings. The summed E-state index contributed by atoms with van der Waals surface area (Å²) < 4.78 is 0. The van der Waals surface area contributed by atoms with E-state index in [1.54, 1.807) is 0 Å². The normalized spacial score (nSPS) is 20.8. The Morgan fingerprint density at radius 3 is 2.36 bits per heavy atom. The van der Waals surface area contributed by atoms with Gasteiger partial charge in [-0.3, -0.25) is 0 Å². The molecular formula is C13H27N. The van der Waals surface area contributed by atoms with Crippen molar-refractivity contribution < 1.29 is 0 Å². The van der Waals surface area contributed by atoms with Gasteiger partial charge in [0.25, 0.3) is 0 Å². The highest BCUT2D eigenvalue weighted by atomic mass is 15.0. The van der Waals surface area contributed by atoms with E-state index >= 15 is 0 Å². The number of nitrogens with one attached hydrogen (secondary N) is 1. The lowest BCUT2D eigenvalue weighted by molar-refractivity contribution is 0.305. The van der Waals surface area contributed by atoms with Gasteiger partial charge in [-0.2, -0.15) is 0 Å². The fraction of sp³-hybridized carbons (Fsp3) is 1.00. The molecule has 0 aromatic heterocycles. The van der Waals surface area contributed by atoms with Crippen molar-refractivity contribution in [1.29, 1.82) is 0 Å². The quantitative estimate of drug-likeness (QED) is 0.582. The standard InChI is InChI=1S/C13H27N/c1-4-6-7-8-11-13(3,5-2)14-12-9-10-12/h12,14H,4-11H2,1-3H3. The van der Waals surface area contributed by atoms with Crippen molar-refractivity contribution in [1.82, 2.24) is 5.32 Å². The van der Waals surface area contributed by atoms with E-state index in [1.807, 2.05) is 0 Å². The van der Waals surface area contributed by atoms with Crippen LogP contribution in [0.15, 0.2) is 0 Å².